The summed E-state index contributed by atoms with van der Waals surface area (Å²) in [7, 11) is 1.68. The first-order valence-electron chi connectivity index (χ1n) is 7.17. The molecule has 0 saturated carbocycles. The maximum Gasteiger partial charge on any atom is 0.262 e. The van der Waals surface area contributed by atoms with Gasteiger partial charge < -0.3 is 9.30 Å². The van der Waals surface area contributed by atoms with E-state index in [0.717, 1.165) is 22.3 Å². The molecule has 0 saturated heterocycles. The van der Waals surface area contributed by atoms with Crippen molar-refractivity contribution in [3.63, 3.8) is 0 Å². The number of methoxy groups -OCH3 is 1. The lowest BCUT2D eigenvalue weighted by molar-refractivity contribution is 0.187. The highest BCUT2D eigenvalue weighted by molar-refractivity contribution is 5.79. The Morgan fingerprint density at radius 3 is 2.76 bits per heavy atom. The van der Waals surface area contributed by atoms with Crippen molar-refractivity contribution in [2.45, 2.75) is 26.8 Å². The smallest absolute Gasteiger partial charge is 0.262 e. The number of benzene rings is 1. The zero-order valence-electron chi connectivity index (χ0n) is 12.6. The fraction of sp³-hybridized carbons (Fsp3) is 0.375. The van der Waals surface area contributed by atoms with E-state index in [2.05, 4.69) is 9.55 Å². The highest BCUT2D eigenvalue weighted by Crippen LogP contribution is 2.17. The maximum atomic E-state index is 12.8. The van der Waals surface area contributed by atoms with Gasteiger partial charge >= 0.3 is 0 Å². The predicted molar refractivity (Wildman–Crippen MR) is 82.9 cm³/mol. The molecule has 0 aliphatic carbocycles. The van der Waals surface area contributed by atoms with Crippen LogP contribution >= 0.6 is 0 Å². The van der Waals surface area contributed by atoms with Gasteiger partial charge in [0, 0.05) is 24.9 Å². The number of para-hydroxylation sites is 2. The van der Waals surface area contributed by atoms with Crippen molar-refractivity contribution in [2.75, 3.05) is 13.7 Å². The topological polar surface area (TPSA) is 48.5 Å². The first kappa shape index (κ1) is 13.8. The van der Waals surface area contributed by atoms with Crippen molar-refractivity contribution in [3.05, 3.63) is 45.9 Å². The summed E-state index contributed by atoms with van der Waals surface area (Å²) in [5, 5.41) is 0. The minimum absolute atomic E-state index is 0.0346. The van der Waals surface area contributed by atoms with Crippen molar-refractivity contribution < 1.29 is 4.74 Å². The van der Waals surface area contributed by atoms with E-state index in [1.54, 1.807) is 11.5 Å². The van der Waals surface area contributed by atoms with Crippen LogP contribution in [0.4, 0.5) is 0 Å². The van der Waals surface area contributed by atoms with Crippen LogP contribution in [0.15, 0.2) is 29.1 Å². The summed E-state index contributed by atoms with van der Waals surface area (Å²) in [4.78, 5) is 17.4. The van der Waals surface area contributed by atoms with Gasteiger partial charge in [0.05, 0.1) is 17.6 Å². The number of hydrogen-bond donors (Lipinski definition) is 0. The first-order chi connectivity index (χ1) is 10.2. The monoisotopic (exact) mass is 285 g/mol. The van der Waals surface area contributed by atoms with Crippen LogP contribution < -0.4 is 5.56 Å². The summed E-state index contributed by atoms with van der Waals surface area (Å²) in [6, 6.07) is 7.74. The third kappa shape index (κ3) is 2.05. The van der Waals surface area contributed by atoms with Crippen LogP contribution in [0, 0.1) is 6.92 Å². The molecule has 0 aliphatic heterocycles. The quantitative estimate of drug-likeness (QED) is 0.738. The van der Waals surface area contributed by atoms with Gasteiger partial charge in [-0.25, -0.2) is 9.38 Å². The van der Waals surface area contributed by atoms with Crippen molar-refractivity contribution in [1.29, 1.82) is 0 Å². The zero-order valence-corrected chi connectivity index (χ0v) is 12.6. The summed E-state index contributed by atoms with van der Waals surface area (Å²) >= 11 is 0. The number of rotatable bonds is 4. The van der Waals surface area contributed by atoms with Gasteiger partial charge in [0.1, 0.15) is 0 Å². The molecule has 0 N–H and O–H groups in total. The lowest BCUT2D eigenvalue weighted by Gasteiger charge is -2.15. The van der Waals surface area contributed by atoms with Gasteiger partial charge in [-0.1, -0.05) is 19.1 Å². The van der Waals surface area contributed by atoms with Gasteiger partial charge in [-0.2, -0.15) is 0 Å². The van der Waals surface area contributed by atoms with Gasteiger partial charge in [0.25, 0.3) is 5.56 Å². The number of aromatic nitrogens is 3. The maximum absolute atomic E-state index is 12.8. The summed E-state index contributed by atoms with van der Waals surface area (Å²) < 4.78 is 8.98. The van der Waals surface area contributed by atoms with Gasteiger partial charge in [0.15, 0.2) is 0 Å². The molecule has 0 unspecified atom stereocenters. The second-order valence-corrected chi connectivity index (χ2v) is 5.10. The van der Waals surface area contributed by atoms with Gasteiger partial charge in [-0.15, -0.1) is 0 Å². The largest absolute Gasteiger partial charge is 0.383 e. The molecule has 2 aromatic heterocycles. The van der Waals surface area contributed by atoms with E-state index in [4.69, 9.17) is 4.74 Å². The van der Waals surface area contributed by atoms with E-state index in [1.807, 2.05) is 38.1 Å². The molecule has 0 fully saturated rings. The molecule has 0 spiro atoms. The van der Waals surface area contributed by atoms with Crippen molar-refractivity contribution >= 4 is 16.8 Å². The Labute approximate surface area is 122 Å². The molecule has 21 heavy (non-hydrogen) atoms. The average Bonchev–Trinajstić information content (AvgIpc) is 2.87. The molecule has 3 rings (SSSR count). The molecule has 1 aromatic carbocycles. The average molecular weight is 285 g/mol. The molecular formula is C16H19N3O2. The van der Waals surface area contributed by atoms with Crippen LogP contribution in [-0.2, 0) is 17.7 Å². The van der Waals surface area contributed by atoms with E-state index >= 15 is 0 Å². The van der Waals surface area contributed by atoms with Crippen LogP contribution in [0.25, 0.3) is 16.8 Å². The lowest BCUT2D eigenvalue weighted by atomic mass is 10.2. The van der Waals surface area contributed by atoms with E-state index < -0.39 is 0 Å². The van der Waals surface area contributed by atoms with Crippen molar-refractivity contribution in [1.82, 2.24) is 14.0 Å². The van der Waals surface area contributed by atoms with Crippen LogP contribution in [0.3, 0.4) is 0 Å². The fourth-order valence-corrected chi connectivity index (χ4v) is 2.85. The Hall–Kier alpha value is -2.14. The molecule has 0 radical (unpaired) electrons. The lowest BCUT2D eigenvalue weighted by Crippen LogP contribution is -2.25. The van der Waals surface area contributed by atoms with Crippen LogP contribution in [-0.4, -0.2) is 27.7 Å². The minimum atomic E-state index is 0.0346. The molecule has 3 aromatic rings. The van der Waals surface area contributed by atoms with E-state index in [-0.39, 0.29) is 5.56 Å². The Morgan fingerprint density at radius 2 is 2.05 bits per heavy atom. The highest BCUT2D eigenvalue weighted by atomic mass is 16.5. The van der Waals surface area contributed by atoms with Gasteiger partial charge in [0.2, 0.25) is 5.78 Å². The molecule has 110 valence electrons. The Bertz CT molecular complexity index is 861. The Balaban J connectivity index is 2.46. The normalized spacial score (nSPS) is 11.6. The Kier molecular flexibility index (Phi) is 3.51. The third-order valence-electron chi connectivity index (χ3n) is 3.96. The van der Waals surface area contributed by atoms with Crippen LogP contribution in [0.2, 0.25) is 0 Å². The second kappa shape index (κ2) is 5.33. The molecule has 5 nitrogen and oxygen atoms in total. The van der Waals surface area contributed by atoms with Crippen LogP contribution in [0.1, 0.15) is 18.2 Å². The molecular weight excluding hydrogens is 266 g/mol. The molecule has 0 atom stereocenters. The summed E-state index contributed by atoms with van der Waals surface area (Å²) in [6.45, 7) is 5.26. The SMILES string of the molecule is CCc1c(C)n(CCOC)c2nc3ccccc3n2c1=O. The first-order valence-corrected chi connectivity index (χ1v) is 7.17. The van der Waals surface area contributed by atoms with Gasteiger partial charge in [-0.3, -0.25) is 4.79 Å². The van der Waals surface area contributed by atoms with Gasteiger partial charge in [-0.05, 0) is 25.5 Å². The Morgan fingerprint density at radius 1 is 1.29 bits per heavy atom. The zero-order chi connectivity index (χ0) is 15.0. The van der Waals surface area contributed by atoms with E-state index in [0.29, 0.717) is 25.4 Å². The third-order valence-corrected chi connectivity index (χ3v) is 3.96. The number of fused-ring (bicyclic) bond motifs is 3. The summed E-state index contributed by atoms with van der Waals surface area (Å²) in [5.41, 5.74) is 3.54. The number of nitrogens with zero attached hydrogens (tertiary/aromatic N) is 3. The fourth-order valence-electron chi connectivity index (χ4n) is 2.85. The second-order valence-electron chi connectivity index (χ2n) is 5.10. The summed E-state index contributed by atoms with van der Waals surface area (Å²) in [5.74, 6) is 0.688. The number of ether oxygens (including phenoxy) is 1. The molecule has 2 heterocycles. The number of imidazole rings is 1. The van der Waals surface area contributed by atoms with Crippen molar-refractivity contribution in [2.24, 2.45) is 0 Å². The minimum Gasteiger partial charge on any atom is -0.383 e. The molecule has 0 bridgehead atoms. The number of hydrogen-bond acceptors (Lipinski definition) is 3. The van der Waals surface area contributed by atoms with Crippen molar-refractivity contribution in [3.8, 4) is 0 Å². The predicted octanol–water partition coefficient (Wildman–Crippen LogP) is 2.17. The molecule has 0 amide bonds. The molecule has 5 heteroatoms. The standard InChI is InChI=1S/C16H19N3O2/c1-4-12-11(2)18(9-10-21-3)16-17-13-7-5-6-8-14(13)19(16)15(12)20/h5-8H,4,9-10H2,1-3H3. The van der Waals surface area contributed by atoms with E-state index in [1.165, 1.54) is 0 Å². The van der Waals surface area contributed by atoms with Crippen LogP contribution in [0.5, 0.6) is 0 Å². The highest BCUT2D eigenvalue weighted by Gasteiger charge is 2.16. The van der Waals surface area contributed by atoms with E-state index in [9.17, 15) is 4.79 Å². The summed E-state index contributed by atoms with van der Waals surface area (Å²) in [6.07, 6.45) is 0.708. The molecule has 0 aliphatic rings.